The average molecular weight is 342 g/mol. The van der Waals surface area contributed by atoms with E-state index >= 15 is 0 Å². The van der Waals surface area contributed by atoms with Crippen molar-refractivity contribution in [2.75, 3.05) is 26.7 Å². The van der Waals surface area contributed by atoms with Gasteiger partial charge in [-0.1, -0.05) is 30.7 Å². The first-order valence-electron chi connectivity index (χ1n) is 9.67. The Balaban J connectivity index is 1.75. The number of carbonyl (C=O) groups is 1. The smallest absolute Gasteiger partial charge is 0.307 e. The summed E-state index contributed by atoms with van der Waals surface area (Å²) in [7, 11) is 2.25. The van der Waals surface area contributed by atoms with Gasteiger partial charge >= 0.3 is 5.97 Å². The van der Waals surface area contributed by atoms with Crippen molar-refractivity contribution in [2.45, 2.75) is 57.0 Å². The number of piperidine rings is 2. The molecule has 2 bridgehead atoms. The van der Waals surface area contributed by atoms with Gasteiger partial charge in [-0.2, -0.15) is 0 Å². The molecule has 2 saturated heterocycles. The molecule has 4 atom stereocenters. The number of likely N-dealkylation sites (N-methyl/N-ethyl adjacent to an activating group) is 1. The molecule has 0 spiro atoms. The van der Waals surface area contributed by atoms with E-state index in [1.165, 1.54) is 16.7 Å². The molecule has 4 heteroatoms. The van der Waals surface area contributed by atoms with E-state index < -0.39 is 5.97 Å². The molecule has 1 aromatic carbocycles. The maximum absolute atomic E-state index is 11.6. The molecule has 2 unspecified atom stereocenters. The zero-order valence-electron chi connectivity index (χ0n) is 15.7. The molecule has 0 radical (unpaired) electrons. The Morgan fingerprint density at radius 2 is 2.12 bits per heavy atom. The second kappa shape index (κ2) is 6.10. The van der Waals surface area contributed by atoms with Crippen LogP contribution in [0.1, 0.15) is 42.9 Å². The number of carboxylic acid groups (broad SMARTS) is 1. The fourth-order valence-corrected chi connectivity index (χ4v) is 5.68. The third-order valence-corrected chi connectivity index (χ3v) is 7.07. The van der Waals surface area contributed by atoms with Gasteiger partial charge in [-0.25, -0.2) is 0 Å². The summed E-state index contributed by atoms with van der Waals surface area (Å²) in [4.78, 5) is 16.6. The second-order valence-corrected chi connectivity index (χ2v) is 8.70. The second-order valence-electron chi connectivity index (χ2n) is 8.70. The predicted octanol–water partition coefficient (Wildman–Crippen LogP) is 2.68. The lowest BCUT2D eigenvalue weighted by Crippen LogP contribution is -2.68. The fraction of sp³-hybridized carbons (Fsp3) is 0.667. The highest BCUT2D eigenvalue weighted by atomic mass is 16.4. The van der Waals surface area contributed by atoms with Crippen molar-refractivity contribution >= 4 is 5.97 Å². The molecule has 2 heterocycles. The van der Waals surface area contributed by atoms with Crippen molar-refractivity contribution in [3.63, 3.8) is 0 Å². The van der Waals surface area contributed by atoms with E-state index in [1.54, 1.807) is 0 Å². The number of hydrogen-bond donors (Lipinski definition) is 1. The zero-order chi connectivity index (χ0) is 17.8. The molecular formula is C21H30N2O2. The number of rotatable bonds is 2. The van der Waals surface area contributed by atoms with Gasteiger partial charge in [0.1, 0.15) is 0 Å². The molecule has 0 aromatic heterocycles. The molecule has 1 aromatic rings. The van der Waals surface area contributed by atoms with Gasteiger partial charge in [0, 0.05) is 24.0 Å². The first-order chi connectivity index (χ1) is 11.9. The average Bonchev–Trinajstić information content (AvgIpc) is 2.59. The summed E-state index contributed by atoms with van der Waals surface area (Å²) in [6, 6.07) is 7.85. The van der Waals surface area contributed by atoms with Gasteiger partial charge in [-0.15, -0.1) is 0 Å². The predicted molar refractivity (Wildman–Crippen MR) is 99.0 cm³/mol. The maximum atomic E-state index is 11.6. The molecule has 0 amide bonds. The van der Waals surface area contributed by atoms with Crippen LogP contribution in [0, 0.1) is 12.8 Å². The van der Waals surface area contributed by atoms with Gasteiger partial charge in [0.15, 0.2) is 0 Å². The Hall–Kier alpha value is -1.39. The van der Waals surface area contributed by atoms with Crippen LogP contribution < -0.4 is 0 Å². The Morgan fingerprint density at radius 1 is 1.32 bits per heavy atom. The number of benzene rings is 1. The van der Waals surface area contributed by atoms with Crippen molar-refractivity contribution in [3.8, 4) is 0 Å². The lowest BCUT2D eigenvalue weighted by Gasteiger charge is -2.59. The van der Waals surface area contributed by atoms with Crippen molar-refractivity contribution < 1.29 is 9.90 Å². The van der Waals surface area contributed by atoms with Crippen LogP contribution in [0.2, 0.25) is 0 Å². The summed E-state index contributed by atoms with van der Waals surface area (Å²) in [6.45, 7) is 7.48. The first-order valence-corrected chi connectivity index (χ1v) is 9.67. The summed E-state index contributed by atoms with van der Waals surface area (Å²) in [5, 5.41) is 9.53. The van der Waals surface area contributed by atoms with E-state index in [2.05, 4.69) is 48.9 Å². The van der Waals surface area contributed by atoms with Crippen molar-refractivity contribution in [3.05, 3.63) is 34.9 Å². The van der Waals surface area contributed by atoms with E-state index in [9.17, 15) is 9.90 Å². The van der Waals surface area contributed by atoms with E-state index in [4.69, 9.17) is 0 Å². The summed E-state index contributed by atoms with van der Waals surface area (Å²) >= 11 is 0. The Morgan fingerprint density at radius 3 is 2.88 bits per heavy atom. The highest BCUT2D eigenvalue weighted by Gasteiger charge is 2.52. The molecule has 0 saturated carbocycles. The van der Waals surface area contributed by atoms with Crippen LogP contribution in [0.4, 0.5) is 0 Å². The Kier molecular flexibility index (Phi) is 4.16. The Bertz CT molecular complexity index is 688. The van der Waals surface area contributed by atoms with Crippen molar-refractivity contribution in [2.24, 2.45) is 5.92 Å². The molecule has 2 aliphatic heterocycles. The topological polar surface area (TPSA) is 43.8 Å². The van der Waals surface area contributed by atoms with Gasteiger partial charge < -0.3 is 10.0 Å². The molecule has 1 aliphatic carbocycles. The first kappa shape index (κ1) is 17.0. The van der Waals surface area contributed by atoms with Gasteiger partial charge in [0.25, 0.3) is 0 Å². The van der Waals surface area contributed by atoms with Crippen LogP contribution in [0.15, 0.2) is 18.2 Å². The molecule has 1 N–H and O–H groups in total. The number of fused-ring (bicyclic) bond motifs is 4. The van der Waals surface area contributed by atoms with Crippen LogP contribution in [0.25, 0.3) is 0 Å². The Labute approximate surface area is 150 Å². The minimum atomic E-state index is -0.625. The lowest BCUT2D eigenvalue weighted by molar-refractivity contribution is -0.145. The normalized spacial score (nSPS) is 36.0. The minimum Gasteiger partial charge on any atom is -0.481 e. The van der Waals surface area contributed by atoms with E-state index in [-0.39, 0.29) is 11.3 Å². The highest BCUT2D eigenvalue weighted by molar-refractivity contribution is 5.70. The van der Waals surface area contributed by atoms with E-state index in [1.807, 2.05) is 0 Å². The summed E-state index contributed by atoms with van der Waals surface area (Å²) in [6.07, 6.45) is 4.06. The molecular weight excluding hydrogens is 312 g/mol. The third-order valence-electron chi connectivity index (χ3n) is 7.07. The lowest BCUT2D eigenvalue weighted by atomic mass is 9.60. The van der Waals surface area contributed by atoms with Crippen molar-refractivity contribution in [1.82, 2.24) is 9.80 Å². The van der Waals surface area contributed by atoms with Crippen LogP contribution in [0.3, 0.4) is 0 Å². The maximum Gasteiger partial charge on any atom is 0.307 e. The number of nitrogens with zero attached hydrogens (tertiary/aromatic N) is 2. The number of hydrogen-bond acceptors (Lipinski definition) is 3. The number of carboxylic acids is 1. The van der Waals surface area contributed by atoms with Crippen LogP contribution in [-0.2, 0) is 16.6 Å². The van der Waals surface area contributed by atoms with Crippen LogP contribution >= 0.6 is 0 Å². The highest BCUT2D eigenvalue weighted by Crippen LogP contribution is 2.47. The minimum absolute atomic E-state index is 0.122. The largest absolute Gasteiger partial charge is 0.481 e. The SMILES string of the molecule is Cc1ccc2c(c1)[C@]1(C)CCN(C)[C@H](C2)C1N1CCCC(C(=O)O)C1. The van der Waals surface area contributed by atoms with Gasteiger partial charge in [-0.05, 0) is 63.9 Å². The van der Waals surface area contributed by atoms with Crippen LogP contribution in [0.5, 0.6) is 0 Å². The summed E-state index contributed by atoms with van der Waals surface area (Å²) in [5.41, 5.74) is 4.46. The fourth-order valence-electron chi connectivity index (χ4n) is 5.68. The van der Waals surface area contributed by atoms with Gasteiger partial charge in [-0.3, -0.25) is 9.69 Å². The monoisotopic (exact) mass is 342 g/mol. The van der Waals surface area contributed by atoms with Crippen LogP contribution in [-0.4, -0.2) is 59.6 Å². The number of likely N-dealkylation sites (tertiary alicyclic amines) is 2. The van der Waals surface area contributed by atoms with E-state index in [0.717, 1.165) is 38.8 Å². The molecule has 4 rings (SSSR count). The number of aliphatic carboxylic acids is 1. The van der Waals surface area contributed by atoms with E-state index in [0.29, 0.717) is 18.6 Å². The quantitative estimate of drug-likeness (QED) is 0.897. The van der Waals surface area contributed by atoms with Crippen molar-refractivity contribution in [1.29, 1.82) is 0 Å². The zero-order valence-corrected chi connectivity index (χ0v) is 15.7. The molecule has 2 fully saturated rings. The summed E-state index contributed by atoms with van der Waals surface area (Å²) in [5.74, 6) is -0.831. The molecule has 3 aliphatic rings. The standard InChI is InChI=1S/C21H30N2O2/c1-14-6-7-15-12-18-19(23-9-4-5-16(13-23)20(24)25)21(2,17(15)11-14)8-10-22(18)3/h6-7,11,16,18-19H,4-5,8-10,12-13H2,1-3H3,(H,24,25)/t16?,18-,19?,21+/m1/s1. The number of aryl methyl sites for hydroxylation is 1. The molecule has 4 nitrogen and oxygen atoms in total. The summed E-state index contributed by atoms with van der Waals surface area (Å²) < 4.78 is 0. The molecule has 25 heavy (non-hydrogen) atoms. The molecule has 136 valence electrons. The van der Waals surface area contributed by atoms with Gasteiger partial charge in [0.2, 0.25) is 0 Å². The van der Waals surface area contributed by atoms with Gasteiger partial charge in [0.05, 0.1) is 5.92 Å². The third kappa shape index (κ3) is 2.70.